The molecule has 2 amide bonds. The van der Waals surface area contributed by atoms with Crippen molar-refractivity contribution in [1.82, 2.24) is 15.5 Å². The normalized spacial score (nSPS) is 24.0. The fourth-order valence-electron chi connectivity index (χ4n) is 4.13. The summed E-state index contributed by atoms with van der Waals surface area (Å²) in [6, 6.07) is 5.32. The van der Waals surface area contributed by atoms with Crippen molar-refractivity contribution in [2.24, 2.45) is 0 Å². The zero-order chi connectivity index (χ0) is 19.4. The molecule has 0 spiro atoms. The first-order chi connectivity index (χ1) is 13.0. The standard InChI is InChI=1S/C20H28FN3O3/c1-3-27-20(26)24-16-6-7-17(24)12-15(11-16)22-8-9-23-19(25)14-5-4-13(2)18(21)10-14/h4-5,10,15-17,22H,3,6-9,11-12H2,1-2H3,(H,23,25)/t15?,16-,17+. The van der Waals surface area contributed by atoms with Crippen molar-refractivity contribution in [2.45, 2.75) is 57.7 Å². The van der Waals surface area contributed by atoms with Gasteiger partial charge in [0.05, 0.1) is 6.61 Å². The molecule has 0 aliphatic carbocycles. The largest absolute Gasteiger partial charge is 0.450 e. The second-order valence-electron chi connectivity index (χ2n) is 7.33. The topological polar surface area (TPSA) is 70.7 Å². The van der Waals surface area contributed by atoms with E-state index >= 15 is 0 Å². The van der Waals surface area contributed by atoms with Gasteiger partial charge in [-0.05, 0) is 57.2 Å². The second-order valence-corrected chi connectivity index (χ2v) is 7.33. The number of piperidine rings is 1. The lowest BCUT2D eigenvalue weighted by Crippen LogP contribution is -2.52. The Kier molecular flexibility index (Phi) is 6.31. The van der Waals surface area contributed by atoms with Crippen LogP contribution in [0.1, 0.15) is 48.5 Å². The predicted molar refractivity (Wildman–Crippen MR) is 100 cm³/mol. The van der Waals surface area contributed by atoms with Crippen molar-refractivity contribution in [3.8, 4) is 0 Å². The van der Waals surface area contributed by atoms with Crippen LogP contribution in [-0.4, -0.2) is 54.7 Å². The Hall–Kier alpha value is -2.15. The molecule has 7 heteroatoms. The quantitative estimate of drug-likeness (QED) is 0.748. The molecule has 2 fully saturated rings. The van der Waals surface area contributed by atoms with Gasteiger partial charge in [-0.25, -0.2) is 9.18 Å². The Balaban J connectivity index is 1.41. The molecular formula is C20H28FN3O3. The third kappa shape index (κ3) is 4.58. The molecule has 2 bridgehead atoms. The van der Waals surface area contributed by atoms with Gasteiger partial charge in [0.15, 0.2) is 0 Å². The molecule has 27 heavy (non-hydrogen) atoms. The number of benzene rings is 1. The molecule has 148 valence electrons. The Labute approximate surface area is 159 Å². The van der Waals surface area contributed by atoms with Gasteiger partial charge in [0.2, 0.25) is 0 Å². The fourth-order valence-corrected chi connectivity index (χ4v) is 4.13. The Morgan fingerprint density at radius 2 is 1.93 bits per heavy atom. The number of carbonyl (C=O) groups is 2. The number of aryl methyl sites for hydroxylation is 1. The van der Waals surface area contributed by atoms with E-state index in [4.69, 9.17) is 4.74 Å². The van der Waals surface area contributed by atoms with Crippen LogP contribution in [0.2, 0.25) is 0 Å². The average Bonchev–Trinajstić information content (AvgIpc) is 2.92. The summed E-state index contributed by atoms with van der Waals surface area (Å²) < 4.78 is 18.7. The van der Waals surface area contributed by atoms with Crippen LogP contribution in [0.15, 0.2) is 18.2 Å². The maximum absolute atomic E-state index is 13.6. The summed E-state index contributed by atoms with van der Waals surface area (Å²) in [6.07, 6.45) is 3.68. The number of rotatable bonds is 6. The molecule has 0 aromatic heterocycles. The van der Waals surface area contributed by atoms with E-state index in [0.717, 1.165) is 25.7 Å². The van der Waals surface area contributed by atoms with E-state index < -0.39 is 0 Å². The van der Waals surface area contributed by atoms with E-state index in [1.54, 1.807) is 19.1 Å². The van der Waals surface area contributed by atoms with E-state index in [9.17, 15) is 14.0 Å². The first-order valence-corrected chi connectivity index (χ1v) is 9.72. The molecule has 1 aromatic rings. The van der Waals surface area contributed by atoms with Crippen LogP contribution in [0, 0.1) is 12.7 Å². The van der Waals surface area contributed by atoms with Gasteiger partial charge < -0.3 is 20.3 Å². The van der Waals surface area contributed by atoms with E-state index in [2.05, 4.69) is 10.6 Å². The number of fused-ring (bicyclic) bond motifs is 2. The molecule has 1 aromatic carbocycles. The number of hydrogen-bond donors (Lipinski definition) is 2. The number of ether oxygens (including phenoxy) is 1. The van der Waals surface area contributed by atoms with Crippen molar-refractivity contribution in [2.75, 3.05) is 19.7 Å². The van der Waals surface area contributed by atoms with Crippen molar-refractivity contribution < 1.29 is 18.7 Å². The summed E-state index contributed by atoms with van der Waals surface area (Å²) >= 11 is 0. The van der Waals surface area contributed by atoms with Gasteiger partial charge in [0.25, 0.3) is 5.91 Å². The van der Waals surface area contributed by atoms with Crippen LogP contribution in [0.4, 0.5) is 9.18 Å². The molecule has 3 atom stereocenters. The molecule has 2 aliphatic heterocycles. The van der Waals surface area contributed by atoms with Crippen LogP contribution in [-0.2, 0) is 4.74 Å². The minimum Gasteiger partial charge on any atom is -0.450 e. The highest BCUT2D eigenvalue weighted by Gasteiger charge is 2.43. The molecule has 1 unspecified atom stereocenters. The summed E-state index contributed by atoms with van der Waals surface area (Å²) in [4.78, 5) is 26.1. The lowest BCUT2D eigenvalue weighted by Gasteiger charge is -2.38. The SMILES string of the molecule is CCOC(=O)N1[C@@H]2CC[C@H]1CC(NCCNC(=O)c1ccc(C)c(F)c1)C2. The summed E-state index contributed by atoms with van der Waals surface area (Å²) in [5, 5.41) is 6.29. The Morgan fingerprint density at radius 3 is 2.56 bits per heavy atom. The predicted octanol–water partition coefficient (Wildman–Crippen LogP) is 2.61. The summed E-state index contributed by atoms with van der Waals surface area (Å²) in [7, 11) is 0. The summed E-state index contributed by atoms with van der Waals surface area (Å²) in [6.45, 7) is 5.01. The first-order valence-electron chi connectivity index (χ1n) is 9.72. The van der Waals surface area contributed by atoms with Crippen molar-refractivity contribution >= 4 is 12.0 Å². The first kappa shape index (κ1) is 19.6. The zero-order valence-corrected chi connectivity index (χ0v) is 16.0. The lowest BCUT2D eigenvalue weighted by atomic mass is 9.98. The highest BCUT2D eigenvalue weighted by molar-refractivity contribution is 5.94. The molecular weight excluding hydrogens is 349 g/mol. The number of nitrogens with one attached hydrogen (secondary N) is 2. The second kappa shape index (κ2) is 8.69. The van der Waals surface area contributed by atoms with Gasteiger partial charge >= 0.3 is 6.09 Å². The van der Waals surface area contributed by atoms with E-state index in [1.165, 1.54) is 6.07 Å². The maximum Gasteiger partial charge on any atom is 0.410 e. The molecule has 0 radical (unpaired) electrons. The summed E-state index contributed by atoms with van der Waals surface area (Å²) in [5.74, 6) is -0.641. The Bertz CT molecular complexity index is 683. The van der Waals surface area contributed by atoms with Crippen LogP contribution in [0.3, 0.4) is 0 Å². The summed E-state index contributed by atoms with van der Waals surface area (Å²) in [5.41, 5.74) is 0.857. The maximum atomic E-state index is 13.6. The molecule has 2 saturated heterocycles. The average molecular weight is 377 g/mol. The highest BCUT2D eigenvalue weighted by Crippen LogP contribution is 2.36. The van der Waals surface area contributed by atoms with E-state index in [-0.39, 0.29) is 29.9 Å². The van der Waals surface area contributed by atoms with Gasteiger partial charge in [-0.1, -0.05) is 6.07 Å². The number of hydrogen-bond acceptors (Lipinski definition) is 4. The molecule has 2 heterocycles. The smallest absolute Gasteiger partial charge is 0.410 e. The van der Waals surface area contributed by atoms with E-state index in [0.29, 0.717) is 36.9 Å². The fraction of sp³-hybridized carbons (Fsp3) is 0.600. The van der Waals surface area contributed by atoms with Gasteiger partial charge in [-0.3, -0.25) is 4.79 Å². The van der Waals surface area contributed by atoms with E-state index in [1.807, 2.05) is 11.8 Å². The van der Waals surface area contributed by atoms with Crippen molar-refractivity contribution in [1.29, 1.82) is 0 Å². The van der Waals surface area contributed by atoms with Gasteiger partial charge in [0, 0.05) is 36.8 Å². The van der Waals surface area contributed by atoms with Crippen molar-refractivity contribution in [3.63, 3.8) is 0 Å². The minimum absolute atomic E-state index is 0.193. The molecule has 3 rings (SSSR count). The Morgan fingerprint density at radius 1 is 1.22 bits per heavy atom. The molecule has 2 N–H and O–H groups in total. The number of halogens is 1. The third-order valence-corrected chi connectivity index (χ3v) is 5.49. The van der Waals surface area contributed by atoms with Crippen LogP contribution in [0.25, 0.3) is 0 Å². The monoisotopic (exact) mass is 377 g/mol. The van der Waals surface area contributed by atoms with Gasteiger partial charge in [-0.15, -0.1) is 0 Å². The molecule has 6 nitrogen and oxygen atoms in total. The highest BCUT2D eigenvalue weighted by atomic mass is 19.1. The third-order valence-electron chi connectivity index (χ3n) is 5.49. The van der Waals surface area contributed by atoms with Gasteiger partial charge in [0.1, 0.15) is 5.82 Å². The minimum atomic E-state index is -0.371. The van der Waals surface area contributed by atoms with Crippen LogP contribution >= 0.6 is 0 Å². The number of carbonyl (C=O) groups excluding carboxylic acids is 2. The van der Waals surface area contributed by atoms with Crippen LogP contribution < -0.4 is 10.6 Å². The van der Waals surface area contributed by atoms with Crippen LogP contribution in [0.5, 0.6) is 0 Å². The number of nitrogens with zero attached hydrogens (tertiary/aromatic N) is 1. The lowest BCUT2D eigenvalue weighted by molar-refractivity contribution is 0.0659. The zero-order valence-electron chi connectivity index (χ0n) is 16.0. The van der Waals surface area contributed by atoms with Gasteiger partial charge in [-0.2, -0.15) is 0 Å². The number of amides is 2. The van der Waals surface area contributed by atoms with Crippen molar-refractivity contribution in [3.05, 3.63) is 35.1 Å². The molecule has 2 aliphatic rings. The molecule has 0 saturated carbocycles.